The molecule has 160 valence electrons. The van der Waals surface area contributed by atoms with E-state index in [2.05, 4.69) is 0 Å². The molecule has 0 N–H and O–H groups in total. The minimum absolute atomic E-state index is 0.0146. The Labute approximate surface area is 185 Å². The monoisotopic (exact) mass is 436 g/mol. The molecule has 2 aromatic heterocycles. The average Bonchev–Trinajstić information content (AvgIpc) is 3.03. The van der Waals surface area contributed by atoms with Crippen LogP contribution in [0.1, 0.15) is 25.1 Å². The molecular weight excluding hydrogens is 412 g/mol. The van der Waals surface area contributed by atoms with Gasteiger partial charge in [0.15, 0.2) is 0 Å². The van der Waals surface area contributed by atoms with E-state index in [9.17, 15) is 9.59 Å². The minimum atomic E-state index is -0.227. The summed E-state index contributed by atoms with van der Waals surface area (Å²) in [7, 11) is 1.85. The Morgan fingerprint density at radius 3 is 2.55 bits per heavy atom. The van der Waals surface area contributed by atoms with E-state index in [0.29, 0.717) is 40.4 Å². The lowest BCUT2D eigenvalue weighted by atomic mass is 10.1. The fourth-order valence-corrected chi connectivity index (χ4v) is 4.32. The molecule has 0 aliphatic carbocycles. The Morgan fingerprint density at radius 1 is 1.13 bits per heavy atom. The maximum absolute atomic E-state index is 13.6. The van der Waals surface area contributed by atoms with Crippen LogP contribution < -0.4 is 5.56 Å². The third-order valence-corrected chi connectivity index (χ3v) is 5.98. The van der Waals surface area contributed by atoms with E-state index in [1.54, 1.807) is 11.0 Å². The second-order valence-electron chi connectivity index (χ2n) is 7.69. The Balaban J connectivity index is 2.07. The van der Waals surface area contributed by atoms with Crippen molar-refractivity contribution in [2.75, 3.05) is 13.1 Å². The second-order valence-corrected chi connectivity index (χ2v) is 8.13. The third kappa shape index (κ3) is 3.61. The summed E-state index contributed by atoms with van der Waals surface area (Å²) in [5, 5.41) is 6.87. The zero-order valence-electron chi connectivity index (χ0n) is 18.1. The highest BCUT2D eigenvalue weighted by atomic mass is 35.5. The number of fused-ring (bicyclic) bond motifs is 3. The van der Waals surface area contributed by atoms with Crippen LogP contribution in [-0.4, -0.2) is 38.2 Å². The maximum atomic E-state index is 13.6. The van der Waals surface area contributed by atoms with Crippen molar-refractivity contribution >= 4 is 39.3 Å². The second kappa shape index (κ2) is 8.19. The summed E-state index contributed by atoms with van der Waals surface area (Å²) in [6.45, 7) is 7.13. The van der Waals surface area contributed by atoms with Gasteiger partial charge in [0.2, 0.25) is 5.91 Å². The van der Waals surface area contributed by atoms with Crippen LogP contribution in [0.15, 0.2) is 47.3 Å². The van der Waals surface area contributed by atoms with Gasteiger partial charge < -0.3 is 9.47 Å². The molecule has 0 saturated heterocycles. The van der Waals surface area contributed by atoms with Crippen LogP contribution in [0.5, 0.6) is 0 Å². The van der Waals surface area contributed by atoms with Gasteiger partial charge in [0, 0.05) is 35.9 Å². The van der Waals surface area contributed by atoms with Crippen LogP contribution in [-0.2, 0) is 18.3 Å². The minimum Gasteiger partial charge on any atom is -0.343 e. The number of halogens is 1. The molecule has 0 aliphatic heterocycles. The smallest absolute Gasteiger partial charge is 0.296 e. The van der Waals surface area contributed by atoms with Crippen molar-refractivity contribution in [1.82, 2.24) is 19.2 Å². The first-order chi connectivity index (χ1) is 14.8. The lowest BCUT2D eigenvalue weighted by Crippen LogP contribution is -2.33. The molecule has 4 aromatic rings. The molecule has 0 saturated carbocycles. The molecule has 7 heteroatoms. The number of benzene rings is 2. The lowest BCUT2D eigenvalue weighted by molar-refractivity contribution is -0.130. The number of carbonyl (C=O) groups excluding carboxylic acids is 1. The SMILES string of the molecule is CCN(CC)C(=O)Cc1nn(-c2cccc(C)c2)c(=O)c2c1c1ccc(Cl)cc1n2C. The van der Waals surface area contributed by atoms with Gasteiger partial charge in [0.25, 0.3) is 5.56 Å². The van der Waals surface area contributed by atoms with Gasteiger partial charge in [-0.15, -0.1) is 0 Å². The van der Waals surface area contributed by atoms with E-state index in [1.165, 1.54) is 4.68 Å². The number of hydrogen-bond acceptors (Lipinski definition) is 3. The summed E-state index contributed by atoms with van der Waals surface area (Å²) in [4.78, 5) is 28.3. The van der Waals surface area contributed by atoms with Crippen LogP contribution >= 0.6 is 11.6 Å². The standard InChI is InChI=1S/C24H25ClN4O2/c1-5-28(6-2)21(30)14-19-22-18-11-10-16(25)13-20(18)27(4)23(22)24(31)29(26-19)17-9-7-8-15(3)12-17/h7-13H,5-6,14H2,1-4H3. The van der Waals surface area contributed by atoms with Gasteiger partial charge >= 0.3 is 0 Å². The van der Waals surface area contributed by atoms with Crippen molar-refractivity contribution in [1.29, 1.82) is 0 Å². The highest BCUT2D eigenvalue weighted by Gasteiger charge is 2.22. The van der Waals surface area contributed by atoms with Gasteiger partial charge in [-0.1, -0.05) is 29.8 Å². The molecule has 0 fully saturated rings. The number of hydrogen-bond donors (Lipinski definition) is 0. The first-order valence-corrected chi connectivity index (χ1v) is 10.8. The number of aryl methyl sites for hydroxylation is 2. The zero-order valence-corrected chi connectivity index (χ0v) is 18.9. The van der Waals surface area contributed by atoms with Crippen molar-refractivity contribution in [3.63, 3.8) is 0 Å². The fraction of sp³-hybridized carbons (Fsp3) is 0.292. The number of nitrogens with zero attached hydrogens (tertiary/aromatic N) is 4. The molecule has 0 bridgehead atoms. The molecule has 4 rings (SSSR count). The van der Waals surface area contributed by atoms with Crippen LogP contribution in [0.25, 0.3) is 27.5 Å². The topological polar surface area (TPSA) is 60.1 Å². The maximum Gasteiger partial charge on any atom is 0.296 e. The fourth-order valence-electron chi connectivity index (χ4n) is 4.16. The molecule has 2 heterocycles. The van der Waals surface area contributed by atoms with E-state index < -0.39 is 0 Å². The molecule has 0 spiro atoms. The summed E-state index contributed by atoms with van der Waals surface area (Å²) in [5.74, 6) is -0.0146. The van der Waals surface area contributed by atoms with Crippen molar-refractivity contribution in [3.8, 4) is 5.69 Å². The van der Waals surface area contributed by atoms with E-state index in [-0.39, 0.29) is 17.9 Å². The summed E-state index contributed by atoms with van der Waals surface area (Å²) in [6, 6.07) is 13.2. The summed E-state index contributed by atoms with van der Waals surface area (Å²) in [6.07, 6.45) is 0.117. The number of amides is 1. The van der Waals surface area contributed by atoms with Crippen LogP contribution in [0.3, 0.4) is 0 Å². The van der Waals surface area contributed by atoms with Crippen LogP contribution in [0.4, 0.5) is 0 Å². The third-order valence-electron chi connectivity index (χ3n) is 5.75. The van der Waals surface area contributed by atoms with Gasteiger partial charge in [-0.2, -0.15) is 9.78 Å². The Kier molecular flexibility index (Phi) is 5.58. The highest BCUT2D eigenvalue weighted by Crippen LogP contribution is 2.31. The predicted octanol–water partition coefficient (Wildman–Crippen LogP) is 4.25. The van der Waals surface area contributed by atoms with Crippen molar-refractivity contribution in [2.45, 2.75) is 27.2 Å². The average molecular weight is 437 g/mol. The predicted molar refractivity (Wildman–Crippen MR) is 125 cm³/mol. The molecule has 1 amide bonds. The molecule has 31 heavy (non-hydrogen) atoms. The number of aromatic nitrogens is 3. The first-order valence-electron chi connectivity index (χ1n) is 10.4. The van der Waals surface area contributed by atoms with Gasteiger partial charge in [0.1, 0.15) is 5.52 Å². The largest absolute Gasteiger partial charge is 0.343 e. The quantitative estimate of drug-likeness (QED) is 0.470. The lowest BCUT2D eigenvalue weighted by Gasteiger charge is -2.19. The molecule has 2 aromatic carbocycles. The zero-order chi connectivity index (χ0) is 22.3. The number of likely N-dealkylation sites (N-methyl/N-ethyl adjacent to an activating group) is 1. The molecule has 6 nitrogen and oxygen atoms in total. The summed E-state index contributed by atoms with van der Waals surface area (Å²) in [5.41, 5.74) is 3.40. The van der Waals surface area contributed by atoms with Gasteiger partial charge in [-0.25, -0.2) is 0 Å². The van der Waals surface area contributed by atoms with E-state index in [1.807, 2.05) is 68.8 Å². The summed E-state index contributed by atoms with van der Waals surface area (Å²) >= 11 is 6.23. The van der Waals surface area contributed by atoms with E-state index in [0.717, 1.165) is 16.5 Å². The van der Waals surface area contributed by atoms with Crippen molar-refractivity contribution in [2.24, 2.45) is 7.05 Å². The molecule has 0 radical (unpaired) electrons. The molecule has 0 unspecified atom stereocenters. The van der Waals surface area contributed by atoms with E-state index >= 15 is 0 Å². The highest BCUT2D eigenvalue weighted by molar-refractivity contribution is 6.31. The first kappa shape index (κ1) is 21.1. The molecule has 0 aliphatic rings. The molecular formula is C24H25ClN4O2. The normalized spacial score (nSPS) is 11.4. The number of rotatable bonds is 5. The number of carbonyl (C=O) groups is 1. The van der Waals surface area contributed by atoms with Crippen molar-refractivity contribution in [3.05, 3.63) is 69.1 Å². The summed E-state index contributed by atoms with van der Waals surface area (Å²) < 4.78 is 3.25. The van der Waals surface area contributed by atoms with Crippen molar-refractivity contribution < 1.29 is 4.79 Å². The van der Waals surface area contributed by atoms with Gasteiger partial charge in [0.05, 0.1) is 23.3 Å². The van der Waals surface area contributed by atoms with Gasteiger partial charge in [-0.3, -0.25) is 9.59 Å². The van der Waals surface area contributed by atoms with E-state index in [4.69, 9.17) is 16.7 Å². The Bertz CT molecular complexity index is 1370. The Hall–Kier alpha value is -3.12. The van der Waals surface area contributed by atoms with Crippen LogP contribution in [0.2, 0.25) is 5.02 Å². The Morgan fingerprint density at radius 2 is 1.87 bits per heavy atom. The van der Waals surface area contributed by atoms with Crippen LogP contribution in [0, 0.1) is 6.92 Å². The molecule has 0 atom stereocenters. The van der Waals surface area contributed by atoms with Gasteiger partial charge in [-0.05, 0) is 50.6 Å².